The second-order valence-corrected chi connectivity index (χ2v) is 7.66. The molecule has 126 valence electrons. The summed E-state index contributed by atoms with van der Waals surface area (Å²) >= 11 is 2.98. The first-order valence-corrected chi connectivity index (χ1v) is 9.74. The van der Waals surface area contributed by atoms with Crippen molar-refractivity contribution >= 4 is 33.3 Å². The maximum Gasteiger partial charge on any atom is 0.260 e. The van der Waals surface area contributed by atoms with Crippen LogP contribution in [0, 0.1) is 11.3 Å². The zero-order valence-corrected chi connectivity index (χ0v) is 15.2. The third-order valence-corrected chi connectivity index (χ3v) is 5.89. The number of fused-ring (bicyclic) bond motifs is 1. The second kappa shape index (κ2) is 7.16. The molecule has 4 aromatic rings. The zero-order valence-electron chi connectivity index (χ0n) is 13.6. The Hall–Kier alpha value is -2.88. The molecule has 26 heavy (non-hydrogen) atoms. The van der Waals surface area contributed by atoms with E-state index in [2.05, 4.69) is 16.0 Å². The Kier molecular flexibility index (Phi) is 4.57. The molecule has 0 saturated heterocycles. The predicted octanol–water partition coefficient (Wildman–Crippen LogP) is 4.82. The van der Waals surface area contributed by atoms with E-state index < -0.39 is 0 Å². The van der Waals surface area contributed by atoms with Gasteiger partial charge in [0.2, 0.25) is 0 Å². The summed E-state index contributed by atoms with van der Waals surface area (Å²) in [7, 11) is 0. The summed E-state index contributed by atoms with van der Waals surface area (Å²) in [6.45, 7) is 0. The molecular weight excluding hydrogens is 362 g/mol. The van der Waals surface area contributed by atoms with Crippen molar-refractivity contribution in [2.75, 3.05) is 0 Å². The maximum absolute atomic E-state index is 12.4. The van der Waals surface area contributed by atoms with Crippen LogP contribution in [0.1, 0.15) is 11.1 Å². The van der Waals surface area contributed by atoms with Gasteiger partial charge in [-0.1, -0.05) is 54.2 Å². The molecule has 0 atom stereocenters. The molecule has 0 fully saturated rings. The van der Waals surface area contributed by atoms with Gasteiger partial charge in [-0.2, -0.15) is 5.26 Å². The lowest BCUT2D eigenvalue weighted by atomic mass is 10.2. The van der Waals surface area contributed by atoms with Gasteiger partial charge >= 0.3 is 0 Å². The number of hydrogen-bond donors (Lipinski definition) is 1. The normalized spacial score (nSPS) is 10.7. The van der Waals surface area contributed by atoms with Crippen molar-refractivity contribution in [1.29, 1.82) is 5.26 Å². The van der Waals surface area contributed by atoms with E-state index in [0.29, 0.717) is 21.9 Å². The molecule has 2 aromatic carbocycles. The first-order chi connectivity index (χ1) is 12.7. The molecule has 0 spiro atoms. The van der Waals surface area contributed by atoms with Crippen LogP contribution in [0.2, 0.25) is 0 Å². The van der Waals surface area contributed by atoms with Crippen molar-refractivity contribution in [2.45, 2.75) is 10.9 Å². The molecule has 2 aromatic heterocycles. The topological polar surface area (TPSA) is 69.5 Å². The minimum absolute atomic E-state index is 0.123. The quantitative estimate of drug-likeness (QED) is 0.410. The lowest BCUT2D eigenvalue weighted by Crippen LogP contribution is -2.07. The summed E-state index contributed by atoms with van der Waals surface area (Å²) in [5.74, 6) is 0.640. The van der Waals surface area contributed by atoms with Gasteiger partial charge in [0.15, 0.2) is 5.16 Å². The van der Waals surface area contributed by atoms with Crippen LogP contribution in [0.25, 0.3) is 20.7 Å². The summed E-state index contributed by atoms with van der Waals surface area (Å²) < 4.78 is 0. The van der Waals surface area contributed by atoms with Crippen molar-refractivity contribution in [1.82, 2.24) is 9.97 Å². The molecule has 0 unspecified atom stereocenters. The van der Waals surface area contributed by atoms with Gasteiger partial charge in [0.1, 0.15) is 4.83 Å². The summed E-state index contributed by atoms with van der Waals surface area (Å²) in [5, 5.41) is 10.2. The van der Waals surface area contributed by atoms with Crippen LogP contribution in [0.4, 0.5) is 0 Å². The summed E-state index contributed by atoms with van der Waals surface area (Å²) in [4.78, 5) is 21.6. The monoisotopic (exact) mass is 375 g/mol. The Morgan fingerprint density at radius 2 is 1.96 bits per heavy atom. The predicted molar refractivity (Wildman–Crippen MR) is 106 cm³/mol. The van der Waals surface area contributed by atoms with Crippen LogP contribution in [0.3, 0.4) is 0 Å². The van der Waals surface area contributed by atoms with Gasteiger partial charge in [0.25, 0.3) is 5.56 Å². The number of H-pyrrole nitrogens is 1. The van der Waals surface area contributed by atoms with E-state index in [-0.39, 0.29) is 5.56 Å². The smallest absolute Gasteiger partial charge is 0.260 e. The lowest BCUT2D eigenvalue weighted by Gasteiger charge is -2.02. The lowest BCUT2D eigenvalue weighted by molar-refractivity contribution is 0.979. The summed E-state index contributed by atoms with van der Waals surface area (Å²) in [6, 6.07) is 21.5. The Balaban J connectivity index is 1.62. The van der Waals surface area contributed by atoms with Crippen LogP contribution >= 0.6 is 23.1 Å². The van der Waals surface area contributed by atoms with Gasteiger partial charge < -0.3 is 4.98 Å². The van der Waals surface area contributed by atoms with Crippen LogP contribution in [0.5, 0.6) is 0 Å². The molecule has 0 aliphatic heterocycles. The first-order valence-electron chi connectivity index (χ1n) is 7.94. The SMILES string of the molecule is N#Cc1cccc(CSc2nc3sc(-c4ccccc4)cc3c(=O)[nH]2)c1. The molecule has 0 aliphatic rings. The van der Waals surface area contributed by atoms with Crippen molar-refractivity contribution < 1.29 is 0 Å². The molecule has 2 heterocycles. The number of nitrogens with zero attached hydrogens (tertiary/aromatic N) is 2. The molecule has 4 nitrogen and oxygen atoms in total. The third-order valence-electron chi connectivity index (χ3n) is 3.87. The van der Waals surface area contributed by atoms with Gasteiger partial charge in [-0.3, -0.25) is 4.79 Å². The fourth-order valence-electron chi connectivity index (χ4n) is 2.61. The number of hydrogen-bond acceptors (Lipinski definition) is 5. The van der Waals surface area contributed by atoms with Gasteiger partial charge in [-0.05, 0) is 29.3 Å². The second-order valence-electron chi connectivity index (χ2n) is 5.67. The largest absolute Gasteiger partial charge is 0.301 e. The van der Waals surface area contributed by atoms with Crippen LogP contribution in [0.15, 0.2) is 70.6 Å². The molecule has 4 rings (SSSR count). The highest BCUT2D eigenvalue weighted by molar-refractivity contribution is 7.98. The minimum atomic E-state index is -0.123. The van der Waals surface area contributed by atoms with Crippen molar-refractivity contribution in [3.8, 4) is 16.5 Å². The number of aromatic amines is 1. The van der Waals surface area contributed by atoms with Gasteiger partial charge in [0.05, 0.1) is 17.0 Å². The number of benzene rings is 2. The Morgan fingerprint density at radius 3 is 2.77 bits per heavy atom. The van der Waals surface area contributed by atoms with Crippen LogP contribution < -0.4 is 5.56 Å². The molecule has 6 heteroatoms. The first kappa shape index (κ1) is 16.6. The third kappa shape index (κ3) is 3.40. The molecule has 0 amide bonds. The van der Waals surface area contributed by atoms with Crippen molar-refractivity contribution in [3.05, 3.63) is 82.1 Å². The maximum atomic E-state index is 12.4. The Labute approximate surface area is 158 Å². The molecule has 1 N–H and O–H groups in total. The average Bonchev–Trinajstić information content (AvgIpc) is 3.12. The van der Waals surface area contributed by atoms with Gasteiger partial charge in [-0.25, -0.2) is 4.98 Å². The van der Waals surface area contributed by atoms with E-state index in [4.69, 9.17) is 5.26 Å². The molecule has 0 saturated carbocycles. The van der Waals surface area contributed by atoms with E-state index in [1.165, 1.54) is 23.1 Å². The molecule has 0 bridgehead atoms. The number of nitrogens with one attached hydrogen (secondary N) is 1. The molecular formula is C20H13N3OS2. The zero-order chi connectivity index (χ0) is 17.9. The minimum Gasteiger partial charge on any atom is -0.301 e. The van der Waals surface area contributed by atoms with Crippen molar-refractivity contribution in [3.63, 3.8) is 0 Å². The average molecular weight is 375 g/mol. The fourth-order valence-corrected chi connectivity index (χ4v) is 4.51. The number of thioether (sulfide) groups is 1. The standard InChI is InChI=1S/C20H13N3OS2/c21-11-13-5-4-6-14(9-13)12-25-20-22-18(24)16-10-17(26-19(16)23-20)15-7-2-1-3-8-15/h1-10H,12H2,(H,22,23,24). The van der Waals surface area contributed by atoms with E-state index >= 15 is 0 Å². The van der Waals surface area contributed by atoms with Crippen molar-refractivity contribution in [2.24, 2.45) is 0 Å². The molecule has 0 aliphatic carbocycles. The number of thiophene rings is 1. The van der Waals surface area contributed by atoms with Gasteiger partial charge in [-0.15, -0.1) is 11.3 Å². The highest BCUT2D eigenvalue weighted by Crippen LogP contribution is 2.31. The van der Waals surface area contributed by atoms with E-state index in [9.17, 15) is 4.79 Å². The van der Waals surface area contributed by atoms with E-state index in [0.717, 1.165) is 20.8 Å². The highest BCUT2D eigenvalue weighted by atomic mass is 32.2. The summed E-state index contributed by atoms with van der Waals surface area (Å²) in [6.07, 6.45) is 0. The number of nitriles is 1. The Morgan fingerprint density at radius 1 is 1.12 bits per heavy atom. The van der Waals surface area contributed by atoms with Crippen LogP contribution in [-0.2, 0) is 5.75 Å². The van der Waals surface area contributed by atoms with E-state index in [1.54, 1.807) is 6.07 Å². The van der Waals surface area contributed by atoms with Crippen LogP contribution in [-0.4, -0.2) is 9.97 Å². The van der Waals surface area contributed by atoms with E-state index in [1.807, 2.05) is 54.6 Å². The highest BCUT2D eigenvalue weighted by Gasteiger charge is 2.10. The Bertz CT molecular complexity index is 1170. The summed E-state index contributed by atoms with van der Waals surface area (Å²) in [5.41, 5.74) is 2.61. The number of aromatic nitrogens is 2. The van der Waals surface area contributed by atoms with Gasteiger partial charge in [0, 0.05) is 10.6 Å². The number of rotatable bonds is 4. The fraction of sp³-hybridized carbons (Fsp3) is 0.0500. The molecule has 0 radical (unpaired) electrons.